The number of aromatic nitrogens is 1. The first kappa shape index (κ1) is 30.4. The average molecular weight is 716 g/mol. The van der Waals surface area contributed by atoms with Gasteiger partial charge in [0.15, 0.2) is 0 Å². The molecule has 0 saturated carbocycles. The van der Waals surface area contributed by atoms with Crippen LogP contribution in [0.1, 0.15) is 25.0 Å². The molecular weight excluding hydrogens is 681 g/mol. The molecule has 262 valence electrons. The molecule has 0 amide bonds. The normalized spacial score (nSPS) is 14.6. The first-order valence-electron chi connectivity index (χ1n) is 19.6. The first-order chi connectivity index (χ1) is 27.6. The van der Waals surface area contributed by atoms with Gasteiger partial charge in [-0.15, -0.1) is 0 Å². The highest BCUT2D eigenvalue weighted by atomic mass is 16.3. The van der Waals surface area contributed by atoms with Crippen LogP contribution >= 0.6 is 0 Å². The molecule has 0 bridgehead atoms. The molecule has 3 aliphatic rings. The van der Waals surface area contributed by atoms with Gasteiger partial charge in [0.2, 0.25) is 0 Å². The lowest BCUT2D eigenvalue weighted by atomic mass is 9.34. The van der Waals surface area contributed by atoms with E-state index in [0.29, 0.717) is 0 Å². The smallest absolute Gasteiger partial charge is 0.252 e. The molecule has 0 fully saturated rings. The summed E-state index contributed by atoms with van der Waals surface area (Å²) >= 11 is 0. The van der Waals surface area contributed by atoms with Crippen LogP contribution in [0.3, 0.4) is 0 Å². The highest BCUT2D eigenvalue weighted by molar-refractivity contribution is 7.00. The van der Waals surface area contributed by atoms with E-state index in [4.69, 9.17) is 4.42 Å². The summed E-state index contributed by atoms with van der Waals surface area (Å²) in [6, 6.07) is 62.7. The third kappa shape index (κ3) is 3.70. The number of fused-ring (bicyclic) bond motifs is 13. The molecule has 10 aromatic rings. The molecule has 2 aromatic heterocycles. The minimum atomic E-state index is -0.165. The zero-order valence-electron chi connectivity index (χ0n) is 31.0. The van der Waals surface area contributed by atoms with E-state index in [9.17, 15) is 0 Å². The molecular formula is C51H34BN3O. The lowest BCUT2D eigenvalue weighted by Gasteiger charge is -2.44. The Morgan fingerprint density at radius 2 is 1.05 bits per heavy atom. The SMILES string of the molecule is CC1(C)c2ccccc2N(c2cc3c4c(c2)-n2c5c(cccc5c5ccc6oc7ccccc7c6c52)B4c2ccccc2N3c2ccccc2)c2ccccc21. The highest BCUT2D eigenvalue weighted by Crippen LogP contribution is 2.53. The van der Waals surface area contributed by atoms with Crippen LogP contribution in [0.25, 0.3) is 49.4 Å². The summed E-state index contributed by atoms with van der Waals surface area (Å²) in [4.78, 5) is 5.01. The third-order valence-corrected chi connectivity index (χ3v) is 12.9. The molecule has 8 aromatic carbocycles. The largest absolute Gasteiger partial charge is 0.456 e. The van der Waals surface area contributed by atoms with Crippen LogP contribution in [0.2, 0.25) is 0 Å². The lowest BCUT2D eigenvalue weighted by molar-refractivity contribution is 0.632. The van der Waals surface area contributed by atoms with E-state index in [1.54, 1.807) is 0 Å². The fraction of sp³-hybridized carbons (Fsp3) is 0.0588. The highest BCUT2D eigenvalue weighted by Gasteiger charge is 2.44. The maximum absolute atomic E-state index is 6.58. The number of anilines is 6. The number of nitrogens with zero attached hydrogens (tertiary/aromatic N) is 3. The Morgan fingerprint density at radius 3 is 1.86 bits per heavy atom. The quantitative estimate of drug-likeness (QED) is 0.167. The third-order valence-electron chi connectivity index (χ3n) is 12.9. The van der Waals surface area contributed by atoms with Crippen LogP contribution in [0.15, 0.2) is 174 Å². The topological polar surface area (TPSA) is 24.6 Å². The van der Waals surface area contributed by atoms with E-state index in [2.05, 4.69) is 198 Å². The van der Waals surface area contributed by atoms with Gasteiger partial charge in [-0.25, -0.2) is 0 Å². The van der Waals surface area contributed by atoms with Crippen LogP contribution in [0.5, 0.6) is 0 Å². The van der Waals surface area contributed by atoms with Gasteiger partial charge in [-0.3, -0.25) is 0 Å². The van der Waals surface area contributed by atoms with Crippen molar-refractivity contribution in [3.8, 4) is 5.69 Å². The summed E-state index contributed by atoms with van der Waals surface area (Å²) in [5, 5.41) is 4.80. The maximum atomic E-state index is 6.58. The summed E-state index contributed by atoms with van der Waals surface area (Å²) in [6.07, 6.45) is 0. The molecule has 13 rings (SSSR count). The Balaban J connectivity index is 1.24. The second kappa shape index (κ2) is 10.6. The van der Waals surface area contributed by atoms with Gasteiger partial charge in [-0.05, 0) is 88.2 Å². The van der Waals surface area contributed by atoms with Crippen molar-refractivity contribution in [2.45, 2.75) is 19.3 Å². The Bertz CT molecular complexity index is 3270. The molecule has 0 aliphatic carbocycles. The van der Waals surface area contributed by atoms with Gasteiger partial charge < -0.3 is 18.8 Å². The van der Waals surface area contributed by atoms with E-state index >= 15 is 0 Å². The van der Waals surface area contributed by atoms with Crippen molar-refractivity contribution in [1.82, 2.24) is 4.57 Å². The van der Waals surface area contributed by atoms with E-state index < -0.39 is 0 Å². The average Bonchev–Trinajstić information content (AvgIpc) is 3.79. The molecule has 0 unspecified atom stereocenters. The zero-order chi connectivity index (χ0) is 36.9. The molecule has 0 radical (unpaired) electrons. The predicted molar refractivity (Wildman–Crippen MR) is 234 cm³/mol. The van der Waals surface area contributed by atoms with Crippen molar-refractivity contribution in [3.05, 3.63) is 181 Å². The van der Waals surface area contributed by atoms with Crippen LogP contribution in [-0.2, 0) is 5.41 Å². The van der Waals surface area contributed by atoms with Crippen molar-refractivity contribution >= 4 is 101 Å². The summed E-state index contributed by atoms with van der Waals surface area (Å²) in [5.74, 6) is 0. The Labute approximate surface area is 324 Å². The number of hydrogen-bond acceptors (Lipinski definition) is 3. The van der Waals surface area contributed by atoms with Crippen LogP contribution in [-0.4, -0.2) is 11.3 Å². The van der Waals surface area contributed by atoms with Gasteiger partial charge in [-0.1, -0.05) is 123 Å². The second-order valence-electron chi connectivity index (χ2n) is 16.1. The Hall–Kier alpha value is -6.98. The van der Waals surface area contributed by atoms with E-state index in [1.807, 2.05) is 0 Å². The number of benzene rings is 8. The fourth-order valence-corrected chi connectivity index (χ4v) is 10.6. The van der Waals surface area contributed by atoms with Crippen molar-refractivity contribution in [2.75, 3.05) is 9.80 Å². The molecule has 5 heteroatoms. The standard InChI is InChI=1S/C51H34BN3O/c1-51(2)36-19-7-10-23-40(36)54(41-24-11-8-20-37(41)51)32-29-43-48-44(30-32)55-49-33(34-27-28-46-47(50(34)55)35-17-6-13-26-45(35)56-46)18-14-22-39(49)52(48)38-21-9-12-25-42(38)53(43)31-15-4-3-5-16-31/h3-30H,1-2H3. The van der Waals surface area contributed by atoms with Gasteiger partial charge in [0.05, 0.1) is 28.0 Å². The molecule has 3 aliphatic heterocycles. The Morgan fingerprint density at radius 1 is 0.446 bits per heavy atom. The van der Waals surface area contributed by atoms with Gasteiger partial charge in [-0.2, -0.15) is 0 Å². The molecule has 56 heavy (non-hydrogen) atoms. The van der Waals surface area contributed by atoms with Gasteiger partial charge in [0.25, 0.3) is 6.71 Å². The summed E-state index contributed by atoms with van der Waals surface area (Å²) < 4.78 is 9.17. The van der Waals surface area contributed by atoms with Crippen molar-refractivity contribution in [3.63, 3.8) is 0 Å². The van der Waals surface area contributed by atoms with Crippen LogP contribution in [0.4, 0.5) is 34.1 Å². The van der Waals surface area contributed by atoms with E-state index in [1.165, 1.54) is 77.8 Å². The maximum Gasteiger partial charge on any atom is 0.252 e. The first-order valence-corrected chi connectivity index (χ1v) is 19.6. The van der Waals surface area contributed by atoms with Crippen molar-refractivity contribution in [1.29, 1.82) is 0 Å². The van der Waals surface area contributed by atoms with Crippen LogP contribution < -0.4 is 26.2 Å². The zero-order valence-corrected chi connectivity index (χ0v) is 31.0. The molecule has 0 spiro atoms. The van der Waals surface area contributed by atoms with Gasteiger partial charge >= 0.3 is 0 Å². The van der Waals surface area contributed by atoms with Gasteiger partial charge in [0.1, 0.15) is 11.2 Å². The summed E-state index contributed by atoms with van der Waals surface area (Å²) in [6.45, 7) is 4.76. The van der Waals surface area contributed by atoms with Crippen molar-refractivity contribution in [2.24, 2.45) is 0 Å². The summed E-state index contributed by atoms with van der Waals surface area (Å²) in [5.41, 5.74) is 19.0. The minimum absolute atomic E-state index is 0.0437. The number of furan rings is 1. The molecule has 4 nitrogen and oxygen atoms in total. The van der Waals surface area contributed by atoms with Gasteiger partial charge in [0, 0.05) is 49.8 Å². The lowest BCUT2D eigenvalue weighted by Crippen LogP contribution is -2.60. The number of para-hydroxylation sites is 6. The molecule has 0 atom stereocenters. The van der Waals surface area contributed by atoms with Crippen LogP contribution in [0, 0.1) is 0 Å². The second-order valence-corrected chi connectivity index (χ2v) is 16.1. The Kier molecular flexibility index (Phi) is 5.76. The summed E-state index contributed by atoms with van der Waals surface area (Å²) in [7, 11) is 0. The molecule has 0 N–H and O–H groups in total. The predicted octanol–water partition coefficient (Wildman–Crippen LogP) is 11.4. The van der Waals surface area contributed by atoms with E-state index in [0.717, 1.165) is 33.3 Å². The number of hydrogen-bond donors (Lipinski definition) is 0. The minimum Gasteiger partial charge on any atom is -0.456 e. The number of rotatable bonds is 2. The monoisotopic (exact) mass is 715 g/mol. The molecule has 0 saturated heterocycles. The van der Waals surface area contributed by atoms with E-state index in [-0.39, 0.29) is 12.1 Å². The fourth-order valence-electron chi connectivity index (χ4n) is 10.6. The molecule has 5 heterocycles. The van der Waals surface area contributed by atoms with Crippen molar-refractivity contribution < 1.29 is 4.42 Å².